The van der Waals surface area contributed by atoms with Crippen molar-refractivity contribution in [3.05, 3.63) is 11.9 Å². The number of ether oxygens (including phenoxy) is 1. The summed E-state index contributed by atoms with van der Waals surface area (Å²) in [7, 11) is 0. The molecule has 0 saturated heterocycles. The summed E-state index contributed by atoms with van der Waals surface area (Å²) < 4.78 is 6.17. The zero-order chi connectivity index (χ0) is 14.7. The summed E-state index contributed by atoms with van der Waals surface area (Å²) in [5.41, 5.74) is 0. The van der Waals surface area contributed by atoms with Crippen LogP contribution in [-0.2, 0) is 0 Å². The topological polar surface area (TPSA) is 47.0 Å². The second-order valence-corrected chi connectivity index (χ2v) is 6.66. The molecule has 1 N–H and O–H groups in total. The van der Waals surface area contributed by atoms with Gasteiger partial charge < -0.3 is 10.1 Å². The minimum Gasteiger partial charge on any atom is -0.474 e. The van der Waals surface area contributed by atoms with Crippen LogP contribution in [0.5, 0.6) is 5.88 Å². The van der Waals surface area contributed by atoms with Crippen molar-refractivity contribution in [1.29, 1.82) is 0 Å². The molecule has 0 radical (unpaired) electrons. The van der Waals surface area contributed by atoms with Crippen LogP contribution in [0.3, 0.4) is 0 Å². The second-order valence-electron chi connectivity index (χ2n) is 6.66. The predicted molar refractivity (Wildman–Crippen MR) is 84.8 cm³/mol. The van der Waals surface area contributed by atoms with Gasteiger partial charge in [0.15, 0.2) is 0 Å². The molecule has 0 bridgehead atoms. The molecule has 4 nitrogen and oxygen atoms in total. The van der Waals surface area contributed by atoms with Crippen LogP contribution in [0.1, 0.15) is 70.5 Å². The third kappa shape index (κ3) is 4.08. The fourth-order valence-electron chi connectivity index (χ4n) is 3.03. The minimum atomic E-state index is 0.328. The maximum Gasteiger partial charge on any atom is 0.219 e. The van der Waals surface area contributed by atoms with Gasteiger partial charge >= 0.3 is 0 Å². The molecular weight excluding hydrogens is 262 g/mol. The van der Waals surface area contributed by atoms with Crippen molar-refractivity contribution >= 4 is 5.82 Å². The highest BCUT2D eigenvalue weighted by molar-refractivity contribution is 5.39. The van der Waals surface area contributed by atoms with E-state index in [4.69, 9.17) is 4.74 Å². The Morgan fingerprint density at radius 1 is 1.24 bits per heavy atom. The highest BCUT2D eigenvalue weighted by Crippen LogP contribution is 2.39. The average molecular weight is 289 g/mol. The van der Waals surface area contributed by atoms with E-state index in [0.29, 0.717) is 12.0 Å². The Kier molecular flexibility index (Phi) is 4.61. The number of anilines is 1. The van der Waals surface area contributed by atoms with Crippen molar-refractivity contribution < 1.29 is 4.74 Å². The number of hydrogen-bond acceptors (Lipinski definition) is 4. The second kappa shape index (κ2) is 6.63. The maximum absolute atomic E-state index is 6.17. The molecule has 2 aliphatic rings. The lowest BCUT2D eigenvalue weighted by atomic mass is 9.89. The van der Waals surface area contributed by atoms with E-state index in [-0.39, 0.29) is 0 Å². The van der Waals surface area contributed by atoms with Gasteiger partial charge in [-0.25, -0.2) is 4.98 Å². The van der Waals surface area contributed by atoms with Crippen molar-refractivity contribution in [3.8, 4) is 5.88 Å². The van der Waals surface area contributed by atoms with Crippen LogP contribution in [0, 0.1) is 5.92 Å². The largest absolute Gasteiger partial charge is 0.474 e. The van der Waals surface area contributed by atoms with Crippen LogP contribution in [0.2, 0.25) is 0 Å². The van der Waals surface area contributed by atoms with E-state index >= 15 is 0 Å². The third-order valence-corrected chi connectivity index (χ3v) is 4.39. The molecule has 1 heterocycles. The van der Waals surface area contributed by atoms with E-state index in [2.05, 4.69) is 29.1 Å². The Morgan fingerprint density at radius 3 is 2.81 bits per heavy atom. The highest BCUT2D eigenvalue weighted by atomic mass is 16.5. The molecule has 1 aromatic rings. The van der Waals surface area contributed by atoms with Crippen molar-refractivity contribution in [1.82, 2.24) is 9.97 Å². The van der Waals surface area contributed by atoms with Gasteiger partial charge in [-0.15, -0.1) is 0 Å². The lowest BCUT2D eigenvalue weighted by molar-refractivity contribution is 0.123. The zero-order valence-electron chi connectivity index (χ0n) is 13.3. The molecule has 21 heavy (non-hydrogen) atoms. The van der Waals surface area contributed by atoms with Crippen LogP contribution in [0.4, 0.5) is 5.82 Å². The smallest absolute Gasteiger partial charge is 0.219 e. The van der Waals surface area contributed by atoms with Gasteiger partial charge in [-0.05, 0) is 44.4 Å². The summed E-state index contributed by atoms with van der Waals surface area (Å²) >= 11 is 0. The molecule has 0 aromatic carbocycles. The van der Waals surface area contributed by atoms with Gasteiger partial charge in [0.1, 0.15) is 17.7 Å². The number of hydrogen-bond donors (Lipinski definition) is 1. The lowest BCUT2D eigenvalue weighted by Crippen LogP contribution is -2.24. The number of nitrogens with one attached hydrogen (secondary N) is 1. The summed E-state index contributed by atoms with van der Waals surface area (Å²) in [6.45, 7) is 5.43. The Bertz CT molecular complexity index is 473. The molecule has 1 aromatic heterocycles. The van der Waals surface area contributed by atoms with Gasteiger partial charge in [0, 0.05) is 18.5 Å². The van der Waals surface area contributed by atoms with Crippen LogP contribution < -0.4 is 10.1 Å². The maximum atomic E-state index is 6.17. The molecule has 3 rings (SSSR count). The van der Waals surface area contributed by atoms with Crippen molar-refractivity contribution in [2.45, 2.75) is 70.8 Å². The standard InChI is InChI=1S/C17H27N3O/c1-3-9-18-15-11-16(20-17(19-15)13-7-8-13)21-14-6-4-5-12(2)10-14/h11-14H,3-10H2,1-2H3,(H,18,19,20). The first-order valence-corrected chi connectivity index (χ1v) is 8.54. The summed E-state index contributed by atoms with van der Waals surface area (Å²) in [5.74, 6) is 3.99. The Labute approximate surface area is 127 Å². The SMILES string of the molecule is CCCNc1cc(OC2CCCC(C)C2)nc(C2CC2)n1. The van der Waals surface area contributed by atoms with Crippen molar-refractivity contribution in [2.24, 2.45) is 5.92 Å². The molecule has 2 unspecified atom stereocenters. The molecule has 2 aliphatic carbocycles. The molecule has 0 amide bonds. The van der Waals surface area contributed by atoms with E-state index in [0.717, 1.165) is 49.2 Å². The third-order valence-electron chi connectivity index (χ3n) is 4.39. The summed E-state index contributed by atoms with van der Waals surface area (Å²) in [4.78, 5) is 9.29. The number of aromatic nitrogens is 2. The summed E-state index contributed by atoms with van der Waals surface area (Å²) in [5, 5.41) is 3.37. The van der Waals surface area contributed by atoms with E-state index in [9.17, 15) is 0 Å². The van der Waals surface area contributed by atoms with Crippen LogP contribution >= 0.6 is 0 Å². The molecule has 2 fully saturated rings. The van der Waals surface area contributed by atoms with E-state index in [1.54, 1.807) is 0 Å². The van der Waals surface area contributed by atoms with E-state index < -0.39 is 0 Å². The monoisotopic (exact) mass is 289 g/mol. The fraction of sp³-hybridized carbons (Fsp3) is 0.765. The minimum absolute atomic E-state index is 0.328. The highest BCUT2D eigenvalue weighted by Gasteiger charge is 2.28. The molecular formula is C17H27N3O. The van der Waals surface area contributed by atoms with Crippen LogP contribution in [0.25, 0.3) is 0 Å². The molecule has 0 aliphatic heterocycles. The Morgan fingerprint density at radius 2 is 2.10 bits per heavy atom. The van der Waals surface area contributed by atoms with E-state index in [1.165, 1.54) is 25.7 Å². The van der Waals surface area contributed by atoms with Gasteiger partial charge in [-0.3, -0.25) is 0 Å². The molecule has 2 atom stereocenters. The molecule has 0 spiro atoms. The van der Waals surface area contributed by atoms with Crippen molar-refractivity contribution in [2.75, 3.05) is 11.9 Å². The molecule has 4 heteroatoms. The van der Waals surface area contributed by atoms with Crippen LogP contribution in [0.15, 0.2) is 6.07 Å². The van der Waals surface area contributed by atoms with Crippen molar-refractivity contribution in [3.63, 3.8) is 0 Å². The van der Waals surface area contributed by atoms with Gasteiger partial charge in [0.05, 0.1) is 0 Å². The van der Waals surface area contributed by atoms with Gasteiger partial charge in [0.25, 0.3) is 0 Å². The number of nitrogens with zero attached hydrogens (tertiary/aromatic N) is 2. The molecule has 2 saturated carbocycles. The normalized spacial score (nSPS) is 25.6. The van der Waals surface area contributed by atoms with Gasteiger partial charge in [-0.2, -0.15) is 4.98 Å². The van der Waals surface area contributed by atoms with E-state index in [1.807, 2.05) is 6.07 Å². The van der Waals surface area contributed by atoms with Gasteiger partial charge in [-0.1, -0.05) is 20.3 Å². The van der Waals surface area contributed by atoms with Crippen LogP contribution in [-0.4, -0.2) is 22.6 Å². The fourth-order valence-corrected chi connectivity index (χ4v) is 3.03. The summed E-state index contributed by atoms with van der Waals surface area (Å²) in [6, 6.07) is 1.97. The first-order chi connectivity index (χ1) is 10.2. The first-order valence-electron chi connectivity index (χ1n) is 8.54. The quantitative estimate of drug-likeness (QED) is 0.855. The zero-order valence-corrected chi connectivity index (χ0v) is 13.3. The first kappa shape index (κ1) is 14.6. The van der Waals surface area contributed by atoms with Gasteiger partial charge in [0.2, 0.25) is 5.88 Å². The Balaban J connectivity index is 1.71. The Hall–Kier alpha value is -1.32. The molecule has 116 valence electrons. The average Bonchev–Trinajstić information content (AvgIpc) is 3.29. The lowest BCUT2D eigenvalue weighted by Gasteiger charge is -2.27. The predicted octanol–water partition coefficient (Wildman–Crippen LogP) is 4.13. The number of rotatable bonds is 6. The summed E-state index contributed by atoms with van der Waals surface area (Å²) in [6.07, 6.45) is 8.78.